The summed E-state index contributed by atoms with van der Waals surface area (Å²) in [5, 5.41) is 8.73. The van der Waals surface area contributed by atoms with Crippen molar-refractivity contribution in [1.29, 1.82) is 0 Å². The van der Waals surface area contributed by atoms with Crippen molar-refractivity contribution in [3.8, 4) is 0 Å². The van der Waals surface area contributed by atoms with Gasteiger partial charge in [-0.3, -0.25) is 14.3 Å². The molecule has 0 radical (unpaired) electrons. The van der Waals surface area contributed by atoms with E-state index in [0.29, 0.717) is 18.2 Å². The normalized spacial score (nSPS) is 11.9. The van der Waals surface area contributed by atoms with Crippen LogP contribution in [-0.4, -0.2) is 39.8 Å². The number of carboxylic acid groups (broad SMARTS) is 1. The number of carbonyl (C=O) groups excluding carboxylic acids is 1. The van der Waals surface area contributed by atoms with E-state index in [1.54, 1.807) is 0 Å². The van der Waals surface area contributed by atoms with Crippen molar-refractivity contribution in [2.75, 3.05) is 0 Å². The Morgan fingerprint density at radius 3 is 2.00 bits per heavy atom. The van der Waals surface area contributed by atoms with Crippen LogP contribution in [0.15, 0.2) is 23.1 Å². The lowest BCUT2D eigenvalue weighted by molar-refractivity contribution is 0.0677. The maximum atomic E-state index is 11.3. The fourth-order valence-corrected chi connectivity index (χ4v) is 2.02. The molecule has 0 spiro atoms. The molecule has 4 N–H and O–H groups in total. The highest BCUT2D eigenvalue weighted by molar-refractivity contribution is 7.85. The van der Waals surface area contributed by atoms with Gasteiger partial charge in [0.1, 0.15) is 0 Å². The molecule has 0 aliphatic carbocycles. The Bertz CT molecular complexity index is 715. The predicted octanol–water partition coefficient (Wildman–Crippen LogP) is -0.119. The standard InChI is InChI=1S/C8H7O10PS/c9-7(10)4-1-5(8(11)18-19(12,13)14)3-6(2-4)20(15,16)17/h1-3H,(H,9,10)(H2,12,13,14)(H,15,16,17). The Labute approximate surface area is 111 Å². The summed E-state index contributed by atoms with van der Waals surface area (Å²) < 4.78 is 44.8. The highest BCUT2D eigenvalue weighted by Gasteiger charge is 2.24. The van der Waals surface area contributed by atoms with Gasteiger partial charge in [0, 0.05) is 0 Å². The SMILES string of the molecule is O=C(O)c1cc(C(=O)OP(=O)(O)O)cc(S(=O)(=O)O)c1. The molecule has 0 saturated heterocycles. The fourth-order valence-electron chi connectivity index (χ4n) is 1.15. The number of carboxylic acids is 1. The van der Waals surface area contributed by atoms with Gasteiger partial charge in [0.15, 0.2) is 0 Å². The molecule has 0 bridgehead atoms. The molecule has 0 amide bonds. The van der Waals surface area contributed by atoms with E-state index in [1.807, 2.05) is 0 Å². The molecule has 1 rings (SSSR count). The maximum Gasteiger partial charge on any atom is 0.527 e. The number of benzene rings is 1. The van der Waals surface area contributed by atoms with Crippen molar-refractivity contribution in [1.82, 2.24) is 0 Å². The van der Waals surface area contributed by atoms with Crippen LogP contribution in [0.4, 0.5) is 0 Å². The zero-order valence-electron chi connectivity index (χ0n) is 9.33. The lowest BCUT2D eigenvalue weighted by atomic mass is 10.1. The fraction of sp³-hybridized carbons (Fsp3) is 0. The first-order valence-corrected chi connectivity index (χ1v) is 7.52. The molecule has 0 saturated carbocycles. The number of phosphoric ester groups is 1. The van der Waals surface area contributed by atoms with Crippen LogP contribution in [0.1, 0.15) is 20.7 Å². The highest BCUT2D eigenvalue weighted by atomic mass is 32.2. The van der Waals surface area contributed by atoms with Crippen molar-refractivity contribution in [3.05, 3.63) is 29.3 Å². The van der Waals surface area contributed by atoms with Crippen LogP contribution in [0.5, 0.6) is 0 Å². The molecule has 1 aromatic carbocycles. The van der Waals surface area contributed by atoms with Gasteiger partial charge in [-0.05, 0) is 18.2 Å². The summed E-state index contributed by atoms with van der Waals surface area (Å²) in [4.78, 5) is 38.0. The van der Waals surface area contributed by atoms with Gasteiger partial charge in [0.2, 0.25) is 0 Å². The van der Waals surface area contributed by atoms with Gasteiger partial charge in [0.05, 0.1) is 16.0 Å². The van der Waals surface area contributed by atoms with Crippen molar-refractivity contribution in [2.24, 2.45) is 0 Å². The molecule has 12 heteroatoms. The van der Waals surface area contributed by atoms with E-state index in [4.69, 9.17) is 19.4 Å². The molecule has 20 heavy (non-hydrogen) atoms. The third kappa shape index (κ3) is 4.40. The van der Waals surface area contributed by atoms with Crippen molar-refractivity contribution in [3.63, 3.8) is 0 Å². The molecule has 10 nitrogen and oxygen atoms in total. The average molecular weight is 326 g/mol. The minimum Gasteiger partial charge on any atom is -0.478 e. The molecular weight excluding hydrogens is 319 g/mol. The molecule has 0 aliphatic rings. The third-order valence-electron chi connectivity index (χ3n) is 1.89. The first kappa shape index (κ1) is 16.3. The number of carbonyl (C=O) groups is 2. The molecule has 1 aromatic rings. The lowest BCUT2D eigenvalue weighted by Gasteiger charge is -2.07. The second kappa shape index (κ2) is 5.31. The molecular formula is C8H7O10PS. The van der Waals surface area contributed by atoms with Crippen LogP contribution < -0.4 is 0 Å². The molecule has 0 fully saturated rings. The van der Waals surface area contributed by atoms with Crippen molar-refractivity contribution in [2.45, 2.75) is 4.90 Å². The van der Waals surface area contributed by atoms with E-state index in [1.165, 1.54) is 0 Å². The zero-order chi connectivity index (χ0) is 15.7. The van der Waals surface area contributed by atoms with E-state index in [9.17, 15) is 22.6 Å². The summed E-state index contributed by atoms with van der Waals surface area (Å²) in [6.07, 6.45) is 0. The van der Waals surface area contributed by atoms with Gasteiger partial charge in [-0.15, -0.1) is 0 Å². The van der Waals surface area contributed by atoms with Gasteiger partial charge in [-0.1, -0.05) is 0 Å². The number of hydrogen-bond acceptors (Lipinski definition) is 6. The van der Waals surface area contributed by atoms with Gasteiger partial charge in [-0.2, -0.15) is 8.42 Å². The third-order valence-corrected chi connectivity index (χ3v) is 3.12. The Morgan fingerprint density at radius 1 is 1.10 bits per heavy atom. The van der Waals surface area contributed by atoms with E-state index >= 15 is 0 Å². The molecule has 110 valence electrons. The molecule has 0 heterocycles. The van der Waals surface area contributed by atoms with Crippen LogP contribution >= 0.6 is 7.82 Å². The summed E-state index contributed by atoms with van der Waals surface area (Å²) in [7, 11) is -10.0. The van der Waals surface area contributed by atoms with Crippen LogP contribution in [-0.2, 0) is 19.2 Å². The van der Waals surface area contributed by atoms with E-state index < -0.39 is 45.9 Å². The Morgan fingerprint density at radius 2 is 1.60 bits per heavy atom. The zero-order valence-corrected chi connectivity index (χ0v) is 11.0. The van der Waals surface area contributed by atoms with Crippen LogP contribution in [0, 0.1) is 0 Å². The first-order valence-electron chi connectivity index (χ1n) is 4.55. The van der Waals surface area contributed by atoms with Gasteiger partial charge in [0.25, 0.3) is 10.1 Å². The summed E-state index contributed by atoms with van der Waals surface area (Å²) in [5.41, 5.74) is -1.46. The number of aromatic carboxylic acids is 1. The van der Waals surface area contributed by atoms with Crippen LogP contribution in [0.2, 0.25) is 0 Å². The van der Waals surface area contributed by atoms with Crippen LogP contribution in [0.3, 0.4) is 0 Å². The lowest BCUT2D eigenvalue weighted by Crippen LogP contribution is -2.09. The van der Waals surface area contributed by atoms with Crippen molar-refractivity contribution >= 4 is 29.9 Å². The van der Waals surface area contributed by atoms with Crippen LogP contribution in [0.25, 0.3) is 0 Å². The van der Waals surface area contributed by atoms with E-state index in [2.05, 4.69) is 4.52 Å². The number of phosphoric acid groups is 1. The van der Waals surface area contributed by atoms with Gasteiger partial charge < -0.3 is 9.63 Å². The van der Waals surface area contributed by atoms with Gasteiger partial charge in [-0.25, -0.2) is 14.2 Å². The summed E-state index contributed by atoms with van der Waals surface area (Å²) in [5.74, 6) is -3.27. The first-order chi connectivity index (χ1) is 8.90. The molecule has 0 aromatic heterocycles. The average Bonchev–Trinajstić information content (AvgIpc) is 2.24. The summed E-state index contributed by atoms with van der Waals surface area (Å²) in [6, 6.07) is 1.71. The largest absolute Gasteiger partial charge is 0.527 e. The second-order valence-corrected chi connectivity index (χ2v) is 5.98. The molecule has 0 atom stereocenters. The highest BCUT2D eigenvalue weighted by Crippen LogP contribution is 2.37. The Kier molecular flexibility index (Phi) is 4.32. The predicted molar refractivity (Wildman–Crippen MR) is 60.7 cm³/mol. The Hall–Kier alpha value is -1.78. The quantitative estimate of drug-likeness (QED) is 0.431. The van der Waals surface area contributed by atoms with E-state index in [0.717, 1.165) is 0 Å². The Balaban J connectivity index is 3.41. The maximum absolute atomic E-state index is 11.3. The molecule has 0 aliphatic heterocycles. The van der Waals surface area contributed by atoms with Gasteiger partial charge >= 0.3 is 19.8 Å². The van der Waals surface area contributed by atoms with E-state index in [-0.39, 0.29) is 0 Å². The smallest absolute Gasteiger partial charge is 0.478 e. The second-order valence-electron chi connectivity index (χ2n) is 3.40. The minimum atomic E-state index is -5.19. The summed E-state index contributed by atoms with van der Waals surface area (Å²) in [6.45, 7) is 0. The number of hydrogen-bond donors (Lipinski definition) is 4. The summed E-state index contributed by atoms with van der Waals surface area (Å²) >= 11 is 0. The topological polar surface area (TPSA) is 175 Å². The monoisotopic (exact) mass is 326 g/mol. The minimum absolute atomic E-state index is 0.514. The van der Waals surface area contributed by atoms with Crippen molar-refractivity contribution < 1.29 is 46.5 Å². The number of rotatable bonds is 4. The molecule has 0 unspecified atom stereocenters.